The summed E-state index contributed by atoms with van der Waals surface area (Å²) >= 11 is 39.9. The first-order valence-electron chi connectivity index (χ1n) is 9.07. The molecule has 4 aliphatic rings. The predicted octanol–water partition coefficient (Wildman–Crippen LogP) is 4.41. The number of fused-ring (bicyclic) bond motifs is 6. The van der Waals surface area contributed by atoms with Crippen LogP contribution in [0.5, 0.6) is 0 Å². The van der Waals surface area contributed by atoms with Crippen molar-refractivity contribution in [2.75, 3.05) is 13.2 Å². The Labute approximate surface area is 197 Å². The fourth-order valence-electron chi connectivity index (χ4n) is 5.63. The summed E-state index contributed by atoms with van der Waals surface area (Å²) in [4.78, 5) is 35.5. The van der Waals surface area contributed by atoms with E-state index in [4.69, 9.17) is 74.3 Å². The first-order chi connectivity index (χ1) is 13.3. The zero-order chi connectivity index (χ0) is 21.7. The Morgan fingerprint density at radius 1 is 1.10 bits per heavy atom. The van der Waals surface area contributed by atoms with Crippen molar-refractivity contribution in [1.29, 1.82) is 0 Å². The summed E-state index contributed by atoms with van der Waals surface area (Å²) in [5, 5.41) is 0.182. The van der Waals surface area contributed by atoms with Crippen LogP contribution in [0.2, 0.25) is 0 Å². The number of carbonyl (C=O) groups is 3. The van der Waals surface area contributed by atoms with Gasteiger partial charge in [0.1, 0.15) is 16.4 Å². The van der Waals surface area contributed by atoms with E-state index in [1.54, 1.807) is 6.92 Å². The van der Waals surface area contributed by atoms with Gasteiger partial charge in [0, 0.05) is 6.92 Å². The zero-order valence-electron chi connectivity index (χ0n) is 15.4. The van der Waals surface area contributed by atoms with Crippen LogP contribution < -0.4 is 0 Å². The van der Waals surface area contributed by atoms with E-state index >= 15 is 0 Å². The number of allylic oxidation sites excluding steroid dienone is 2. The second-order valence-corrected chi connectivity index (χ2v) is 11.7. The smallest absolute Gasteiger partial charge is 0.302 e. The van der Waals surface area contributed by atoms with Crippen LogP contribution in [-0.2, 0) is 19.1 Å². The second-order valence-electron chi connectivity index (χ2n) is 8.38. The monoisotopic (exact) mass is 521 g/mol. The molecule has 0 N–H and O–H groups in total. The van der Waals surface area contributed by atoms with Crippen molar-refractivity contribution in [3.05, 3.63) is 10.1 Å². The first-order valence-corrected chi connectivity index (χ1v) is 11.3. The normalized spacial score (nSPS) is 45.0. The summed E-state index contributed by atoms with van der Waals surface area (Å²) in [5.74, 6) is -2.67. The molecular weight excluding hydrogens is 507 g/mol. The molecule has 3 fully saturated rings. The van der Waals surface area contributed by atoms with Crippen molar-refractivity contribution in [2.45, 2.75) is 40.8 Å². The third kappa shape index (κ3) is 2.41. The molecule has 0 aromatic carbocycles. The summed E-state index contributed by atoms with van der Waals surface area (Å²) in [5.41, 5.74) is -1.01. The molecular formula is C18H17Cl6NO4. The van der Waals surface area contributed by atoms with E-state index in [1.807, 2.05) is 0 Å². The van der Waals surface area contributed by atoms with Crippen molar-refractivity contribution in [1.82, 2.24) is 4.90 Å². The molecule has 0 spiro atoms. The predicted molar refractivity (Wildman–Crippen MR) is 112 cm³/mol. The number of ether oxygens (including phenoxy) is 1. The fraction of sp³-hybridized carbons (Fsp3) is 0.722. The number of hydrogen-bond acceptors (Lipinski definition) is 4. The Balaban J connectivity index is 1.70. The highest BCUT2D eigenvalue weighted by Crippen LogP contribution is 2.79. The van der Waals surface area contributed by atoms with Crippen LogP contribution in [0.15, 0.2) is 10.1 Å². The standard InChI is InChI=1S/C18H17Cl6NO4/c1-7(26)29-4-3-25-13(27)9-5-8-10(6-15(9,2)14(25)28)17(22)12(20)11(19)16(8,21)18(17,23)24/h8-10H,3-6H2,1-2H3/t8-,9+,10+,15+,16+,17+/m0/s1. The van der Waals surface area contributed by atoms with E-state index < -0.39 is 43.2 Å². The molecule has 2 amide bonds. The summed E-state index contributed by atoms with van der Waals surface area (Å²) in [7, 11) is 0. The maximum absolute atomic E-state index is 13.2. The van der Waals surface area contributed by atoms with E-state index in [0.29, 0.717) is 0 Å². The lowest BCUT2D eigenvalue weighted by molar-refractivity contribution is -0.147. The van der Waals surface area contributed by atoms with Crippen molar-refractivity contribution in [3.8, 4) is 0 Å². The second kappa shape index (κ2) is 6.55. The number of amides is 2. The van der Waals surface area contributed by atoms with Crippen LogP contribution in [0.25, 0.3) is 0 Å². The molecule has 1 saturated heterocycles. The number of imide groups is 1. The molecule has 0 aromatic heterocycles. The highest BCUT2D eigenvalue weighted by molar-refractivity contribution is 6.65. The highest BCUT2D eigenvalue weighted by atomic mass is 35.5. The highest BCUT2D eigenvalue weighted by Gasteiger charge is 2.84. The van der Waals surface area contributed by atoms with Crippen LogP contribution in [-0.4, -0.2) is 49.9 Å². The Morgan fingerprint density at radius 3 is 2.21 bits per heavy atom. The first kappa shape index (κ1) is 22.3. The van der Waals surface area contributed by atoms with Gasteiger partial charge in [0.05, 0.1) is 27.9 Å². The quantitative estimate of drug-likeness (QED) is 0.312. The third-order valence-electron chi connectivity index (χ3n) is 7.07. The van der Waals surface area contributed by atoms with Gasteiger partial charge in [0.25, 0.3) is 0 Å². The van der Waals surface area contributed by atoms with Gasteiger partial charge in [0.15, 0.2) is 4.33 Å². The Morgan fingerprint density at radius 2 is 1.66 bits per heavy atom. The molecule has 1 heterocycles. The van der Waals surface area contributed by atoms with Gasteiger partial charge in [-0.05, 0) is 31.6 Å². The van der Waals surface area contributed by atoms with Gasteiger partial charge < -0.3 is 4.74 Å². The molecule has 5 nitrogen and oxygen atoms in total. The fourth-order valence-corrected chi connectivity index (χ4v) is 8.72. The van der Waals surface area contributed by atoms with Crippen molar-refractivity contribution in [2.24, 2.45) is 23.2 Å². The lowest BCUT2D eigenvalue weighted by Crippen LogP contribution is -2.49. The molecule has 0 radical (unpaired) electrons. The van der Waals surface area contributed by atoms with Gasteiger partial charge in [0.2, 0.25) is 11.8 Å². The molecule has 0 aromatic rings. The van der Waals surface area contributed by atoms with Gasteiger partial charge in [-0.15, -0.1) is 23.2 Å². The number of esters is 1. The van der Waals surface area contributed by atoms with Gasteiger partial charge in [-0.3, -0.25) is 19.3 Å². The Kier molecular flexibility index (Phi) is 5.04. The van der Waals surface area contributed by atoms with Gasteiger partial charge in [-0.1, -0.05) is 46.4 Å². The van der Waals surface area contributed by atoms with E-state index in [1.165, 1.54) is 6.92 Å². The number of carbonyl (C=O) groups excluding carboxylic acids is 3. The summed E-state index contributed by atoms with van der Waals surface area (Å²) in [6.45, 7) is 2.92. The Hall–Kier alpha value is 0.0900. The van der Waals surface area contributed by atoms with E-state index in [2.05, 4.69) is 0 Å². The van der Waals surface area contributed by atoms with E-state index in [0.717, 1.165) is 4.90 Å². The molecule has 2 saturated carbocycles. The zero-order valence-corrected chi connectivity index (χ0v) is 19.9. The molecule has 2 bridgehead atoms. The maximum Gasteiger partial charge on any atom is 0.302 e. The molecule has 6 atom stereocenters. The molecule has 160 valence electrons. The average Bonchev–Trinajstić information content (AvgIpc) is 2.95. The maximum atomic E-state index is 13.2. The van der Waals surface area contributed by atoms with Crippen LogP contribution in [0.3, 0.4) is 0 Å². The van der Waals surface area contributed by atoms with Crippen molar-refractivity contribution < 1.29 is 19.1 Å². The van der Waals surface area contributed by atoms with Crippen LogP contribution in [0.1, 0.15) is 26.7 Å². The van der Waals surface area contributed by atoms with Gasteiger partial charge in [-0.25, -0.2) is 0 Å². The SMILES string of the molecule is CC(=O)OCCN1C(=O)[C@H]2C[C@H]3[C@@H](C[C@@]2(C)C1=O)[C@@]1(Cl)C(Cl)=C(Cl)[C@@]3(Cl)C1(Cl)Cl. The number of nitrogens with zero attached hydrogens (tertiary/aromatic N) is 1. The number of alkyl halides is 4. The average molecular weight is 524 g/mol. The van der Waals surface area contributed by atoms with Crippen LogP contribution in [0, 0.1) is 23.2 Å². The Bertz CT molecular complexity index is 876. The molecule has 11 heteroatoms. The minimum Gasteiger partial charge on any atom is -0.464 e. The third-order valence-corrected chi connectivity index (χ3v) is 11.4. The molecule has 3 aliphatic carbocycles. The lowest BCUT2D eigenvalue weighted by Gasteiger charge is -2.46. The van der Waals surface area contributed by atoms with Crippen LogP contribution in [0.4, 0.5) is 0 Å². The van der Waals surface area contributed by atoms with Crippen molar-refractivity contribution in [3.63, 3.8) is 0 Å². The minimum absolute atomic E-state index is 0.00851. The van der Waals surface area contributed by atoms with Gasteiger partial charge >= 0.3 is 5.97 Å². The minimum atomic E-state index is -1.69. The van der Waals surface area contributed by atoms with E-state index in [9.17, 15) is 14.4 Å². The topological polar surface area (TPSA) is 63.7 Å². The number of likely N-dealkylation sites (tertiary alicyclic amines) is 1. The molecule has 1 aliphatic heterocycles. The van der Waals surface area contributed by atoms with Crippen molar-refractivity contribution >= 4 is 87.4 Å². The summed E-state index contributed by atoms with van der Waals surface area (Å²) in [6.07, 6.45) is 0.478. The molecule has 0 unspecified atom stereocenters. The molecule has 29 heavy (non-hydrogen) atoms. The molecule has 4 rings (SSSR count). The summed E-state index contributed by atoms with van der Waals surface area (Å²) < 4.78 is 3.20. The van der Waals surface area contributed by atoms with Gasteiger partial charge in [-0.2, -0.15) is 0 Å². The number of halogens is 6. The number of hydrogen-bond donors (Lipinski definition) is 0. The summed E-state index contributed by atoms with van der Waals surface area (Å²) in [6, 6.07) is 0. The number of rotatable bonds is 3. The lowest BCUT2D eigenvalue weighted by atomic mass is 9.58. The van der Waals surface area contributed by atoms with E-state index in [-0.39, 0.29) is 47.9 Å². The van der Waals surface area contributed by atoms with Crippen LogP contribution >= 0.6 is 69.6 Å². The largest absolute Gasteiger partial charge is 0.464 e.